The van der Waals surface area contributed by atoms with Crippen molar-refractivity contribution < 1.29 is 14.6 Å². The highest BCUT2D eigenvalue weighted by molar-refractivity contribution is 5.79. The second kappa shape index (κ2) is 13.2. The van der Waals surface area contributed by atoms with Crippen molar-refractivity contribution in [2.45, 2.75) is 83.3 Å². The number of hydrogen-bond acceptors (Lipinski definition) is 5. The number of hydrogen-bond donors (Lipinski definition) is 2. The van der Waals surface area contributed by atoms with E-state index in [0.29, 0.717) is 25.0 Å². The monoisotopic (exact) mass is 497 g/mol. The number of likely N-dealkylation sites (N-methyl/N-ethyl adjacent to an activating group) is 1. The van der Waals surface area contributed by atoms with E-state index in [4.69, 9.17) is 4.74 Å². The molecule has 2 atom stereocenters. The Labute approximate surface area is 214 Å². The van der Waals surface area contributed by atoms with Gasteiger partial charge in [0.2, 0.25) is 11.5 Å². The lowest BCUT2D eigenvalue weighted by Gasteiger charge is -2.32. The van der Waals surface area contributed by atoms with Gasteiger partial charge >= 0.3 is 0 Å². The number of benzene rings is 1. The van der Waals surface area contributed by atoms with E-state index in [2.05, 4.69) is 21.7 Å². The Bertz CT molecular complexity index is 1030. The average molecular weight is 498 g/mol. The van der Waals surface area contributed by atoms with Gasteiger partial charge in [0.15, 0.2) is 0 Å². The first-order valence-electron chi connectivity index (χ1n) is 14.0. The Hall–Kier alpha value is -2.38. The third kappa shape index (κ3) is 7.56. The summed E-state index contributed by atoms with van der Waals surface area (Å²) in [7, 11) is 0. The quantitative estimate of drug-likeness (QED) is 0.426. The number of ether oxygens (including phenoxy) is 1. The maximum atomic E-state index is 13.2. The molecule has 0 bridgehead atoms. The van der Waals surface area contributed by atoms with E-state index in [9.17, 15) is 14.7 Å². The van der Waals surface area contributed by atoms with Gasteiger partial charge in [0, 0.05) is 49.1 Å². The number of H-pyrrole nitrogens is 1. The van der Waals surface area contributed by atoms with Crippen molar-refractivity contribution in [3.05, 3.63) is 40.7 Å². The number of carbonyl (C=O) groups excluding carboxylic acids is 1. The molecule has 2 fully saturated rings. The number of aliphatic hydroxyl groups is 1. The Morgan fingerprint density at radius 1 is 1.17 bits per heavy atom. The molecule has 2 heterocycles. The standard InChI is InChI=1S/C29H43N3O4/c1-2-31-21-25(33)19-24(31)15-16-32(20-22-8-4-3-5-9-22)29(35)10-6-7-17-36-26-12-13-27-23(18-26)11-14-28(34)30-27/h11-14,18,22,24-25,33H,2-10,15-17,19-21H2,1H3,(H,30,34). The fourth-order valence-electron chi connectivity index (χ4n) is 5.90. The van der Waals surface area contributed by atoms with Crippen LogP contribution in [-0.2, 0) is 4.79 Å². The molecule has 2 N–H and O–H groups in total. The normalized spacial score (nSPS) is 21.2. The molecule has 1 aromatic heterocycles. The molecular weight excluding hydrogens is 454 g/mol. The first-order valence-corrected chi connectivity index (χ1v) is 14.0. The molecule has 1 saturated carbocycles. The molecule has 2 aliphatic rings. The fourth-order valence-corrected chi connectivity index (χ4v) is 5.90. The molecule has 1 aliphatic carbocycles. The Balaban J connectivity index is 1.24. The minimum Gasteiger partial charge on any atom is -0.494 e. The first-order chi connectivity index (χ1) is 17.5. The first kappa shape index (κ1) is 26.7. The smallest absolute Gasteiger partial charge is 0.248 e. The summed E-state index contributed by atoms with van der Waals surface area (Å²) in [5.41, 5.74) is 0.689. The molecule has 4 rings (SSSR count). The summed E-state index contributed by atoms with van der Waals surface area (Å²) in [6.07, 6.45) is 10.1. The van der Waals surface area contributed by atoms with Gasteiger partial charge in [0.05, 0.1) is 12.7 Å². The van der Waals surface area contributed by atoms with Gasteiger partial charge in [-0.3, -0.25) is 14.5 Å². The van der Waals surface area contributed by atoms with Crippen molar-refractivity contribution in [2.24, 2.45) is 5.92 Å². The van der Waals surface area contributed by atoms with Crippen LogP contribution in [0.1, 0.15) is 71.1 Å². The zero-order chi connectivity index (χ0) is 25.3. The molecule has 1 amide bonds. The van der Waals surface area contributed by atoms with E-state index in [0.717, 1.165) is 68.5 Å². The van der Waals surface area contributed by atoms with E-state index in [1.807, 2.05) is 18.2 Å². The number of β-amino-alcohol motifs (C(OH)–C–C–N with tert-alkyl or cyclic N) is 1. The van der Waals surface area contributed by atoms with Crippen molar-refractivity contribution in [2.75, 3.05) is 32.8 Å². The third-order valence-corrected chi connectivity index (χ3v) is 7.95. The highest BCUT2D eigenvalue weighted by Gasteiger charge is 2.30. The molecule has 0 spiro atoms. The van der Waals surface area contributed by atoms with Crippen molar-refractivity contribution in [3.63, 3.8) is 0 Å². The van der Waals surface area contributed by atoms with E-state index in [-0.39, 0.29) is 17.6 Å². The van der Waals surface area contributed by atoms with Crippen LogP contribution in [0.4, 0.5) is 0 Å². The molecule has 36 heavy (non-hydrogen) atoms. The Morgan fingerprint density at radius 3 is 2.81 bits per heavy atom. The summed E-state index contributed by atoms with van der Waals surface area (Å²) in [6.45, 7) is 6.10. The van der Waals surface area contributed by atoms with Gasteiger partial charge in [-0.2, -0.15) is 0 Å². The van der Waals surface area contributed by atoms with Crippen molar-refractivity contribution in [1.29, 1.82) is 0 Å². The largest absolute Gasteiger partial charge is 0.494 e. The summed E-state index contributed by atoms with van der Waals surface area (Å²) in [6, 6.07) is 9.36. The lowest BCUT2D eigenvalue weighted by molar-refractivity contribution is -0.132. The number of unbranched alkanes of at least 4 members (excludes halogenated alkanes) is 1. The lowest BCUT2D eigenvalue weighted by Crippen LogP contribution is -2.39. The molecule has 1 aliphatic heterocycles. The van der Waals surface area contributed by atoms with E-state index >= 15 is 0 Å². The number of likely N-dealkylation sites (tertiary alicyclic amines) is 1. The van der Waals surface area contributed by atoms with Crippen LogP contribution < -0.4 is 10.3 Å². The van der Waals surface area contributed by atoms with E-state index in [1.54, 1.807) is 6.07 Å². The zero-order valence-electron chi connectivity index (χ0n) is 21.8. The molecule has 198 valence electrons. The number of nitrogens with zero attached hydrogens (tertiary/aromatic N) is 2. The number of aromatic nitrogens is 1. The molecule has 1 aromatic carbocycles. The van der Waals surface area contributed by atoms with Crippen LogP contribution in [0.25, 0.3) is 10.9 Å². The van der Waals surface area contributed by atoms with Gasteiger partial charge in [-0.15, -0.1) is 0 Å². The molecule has 7 heteroatoms. The predicted octanol–water partition coefficient (Wildman–Crippen LogP) is 4.33. The number of pyridine rings is 1. The average Bonchev–Trinajstić information content (AvgIpc) is 3.26. The second-order valence-electron chi connectivity index (χ2n) is 10.6. The van der Waals surface area contributed by atoms with Gasteiger partial charge < -0.3 is 19.7 Å². The summed E-state index contributed by atoms with van der Waals surface area (Å²) < 4.78 is 5.91. The Kier molecular flexibility index (Phi) is 9.82. The topological polar surface area (TPSA) is 85.9 Å². The van der Waals surface area contributed by atoms with Gasteiger partial charge in [0.1, 0.15) is 5.75 Å². The minimum absolute atomic E-state index is 0.109. The van der Waals surface area contributed by atoms with Crippen LogP contribution in [-0.4, -0.2) is 70.7 Å². The summed E-state index contributed by atoms with van der Waals surface area (Å²) in [4.78, 5) is 32.0. The summed E-state index contributed by atoms with van der Waals surface area (Å²) in [5.74, 6) is 1.67. The van der Waals surface area contributed by atoms with Crippen LogP contribution >= 0.6 is 0 Å². The number of rotatable bonds is 12. The van der Waals surface area contributed by atoms with Crippen LogP contribution in [0.3, 0.4) is 0 Å². The van der Waals surface area contributed by atoms with Crippen molar-refractivity contribution in [3.8, 4) is 5.75 Å². The third-order valence-electron chi connectivity index (χ3n) is 7.95. The van der Waals surface area contributed by atoms with Gasteiger partial charge in [-0.05, 0) is 75.3 Å². The van der Waals surface area contributed by atoms with E-state index in [1.165, 1.54) is 38.2 Å². The molecule has 2 unspecified atom stereocenters. The number of aliphatic hydroxyl groups excluding tert-OH is 1. The lowest BCUT2D eigenvalue weighted by atomic mass is 9.88. The second-order valence-corrected chi connectivity index (χ2v) is 10.6. The van der Waals surface area contributed by atoms with Crippen molar-refractivity contribution in [1.82, 2.24) is 14.8 Å². The van der Waals surface area contributed by atoms with Crippen LogP contribution in [0.2, 0.25) is 0 Å². The SMILES string of the molecule is CCN1CC(O)CC1CCN(CC1CCCCC1)C(=O)CCCCOc1ccc2[nH]c(=O)ccc2c1. The highest BCUT2D eigenvalue weighted by Crippen LogP contribution is 2.26. The number of carbonyl (C=O) groups is 1. The number of amides is 1. The molecule has 0 radical (unpaired) electrons. The summed E-state index contributed by atoms with van der Waals surface area (Å²) in [5, 5.41) is 11.0. The van der Waals surface area contributed by atoms with Crippen LogP contribution in [0.15, 0.2) is 35.1 Å². The van der Waals surface area contributed by atoms with Crippen LogP contribution in [0.5, 0.6) is 5.75 Å². The maximum absolute atomic E-state index is 13.2. The van der Waals surface area contributed by atoms with E-state index < -0.39 is 0 Å². The predicted molar refractivity (Wildman–Crippen MR) is 143 cm³/mol. The van der Waals surface area contributed by atoms with Crippen LogP contribution in [0, 0.1) is 5.92 Å². The van der Waals surface area contributed by atoms with Gasteiger partial charge in [0.25, 0.3) is 0 Å². The van der Waals surface area contributed by atoms with Gasteiger partial charge in [-0.25, -0.2) is 0 Å². The molecule has 2 aromatic rings. The molecule has 7 nitrogen and oxygen atoms in total. The fraction of sp³-hybridized carbons (Fsp3) is 0.655. The summed E-state index contributed by atoms with van der Waals surface area (Å²) >= 11 is 0. The maximum Gasteiger partial charge on any atom is 0.248 e. The molecule has 1 saturated heterocycles. The minimum atomic E-state index is -0.234. The number of aromatic amines is 1. The van der Waals surface area contributed by atoms with Gasteiger partial charge in [-0.1, -0.05) is 26.2 Å². The Morgan fingerprint density at radius 2 is 2.00 bits per heavy atom. The van der Waals surface area contributed by atoms with Crippen molar-refractivity contribution >= 4 is 16.8 Å². The number of nitrogens with one attached hydrogen (secondary N) is 1. The number of fused-ring (bicyclic) bond motifs is 1. The molecular formula is C29H43N3O4. The zero-order valence-corrected chi connectivity index (χ0v) is 21.8. The highest BCUT2D eigenvalue weighted by atomic mass is 16.5.